The van der Waals surface area contributed by atoms with E-state index in [9.17, 15) is 20.0 Å². The van der Waals surface area contributed by atoms with E-state index in [1.165, 1.54) is 30.7 Å². The highest BCUT2D eigenvalue weighted by molar-refractivity contribution is 6.04. The number of nitro groups is 1. The fourth-order valence-electron chi connectivity index (χ4n) is 3.09. The highest BCUT2D eigenvalue weighted by Gasteiger charge is 2.14. The van der Waals surface area contributed by atoms with Crippen LogP contribution in [0.2, 0.25) is 0 Å². The number of rotatable bonds is 5. The van der Waals surface area contributed by atoms with Crippen LogP contribution in [0.1, 0.15) is 35.2 Å². The van der Waals surface area contributed by atoms with Gasteiger partial charge in [-0.3, -0.25) is 19.8 Å². The van der Waals surface area contributed by atoms with Crippen LogP contribution in [0.4, 0.5) is 11.4 Å². The zero-order valence-electron chi connectivity index (χ0n) is 14.4. The van der Waals surface area contributed by atoms with Gasteiger partial charge < -0.3 is 10.4 Å². The van der Waals surface area contributed by atoms with Crippen molar-refractivity contribution in [1.29, 1.82) is 0 Å². The Morgan fingerprint density at radius 3 is 2.46 bits per heavy atom. The second kappa shape index (κ2) is 7.97. The first kappa shape index (κ1) is 17.9. The van der Waals surface area contributed by atoms with Gasteiger partial charge in [-0.15, -0.1) is 0 Å². The molecule has 1 fully saturated rings. The molecule has 2 aromatic carbocycles. The Morgan fingerprint density at radius 1 is 1.12 bits per heavy atom. The number of hydrogen-bond donors (Lipinski definition) is 2. The van der Waals surface area contributed by atoms with Gasteiger partial charge in [-0.25, -0.2) is 0 Å². The summed E-state index contributed by atoms with van der Waals surface area (Å²) >= 11 is 0. The quantitative estimate of drug-likeness (QED) is 0.486. The van der Waals surface area contributed by atoms with Crippen molar-refractivity contribution in [2.75, 3.05) is 18.4 Å². The van der Waals surface area contributed by atoms with Crippen LogP contribution in [0.15, 0.2) is 42.5 Å². The van der Waals surface area contributed by atoms with Crippen molar-refractivity contribution in [3.05, 3.63) is 63.7 Å². The Balaban J connectivity index is 1.69. The Bertz CT molecular complexity index is 799. The minimum absolute atomic E-state index is 0.0602. The normalized spacial score (nSPS) is 14.8. The van der Waals surface area contributed by atoms with E-state index in [0.29, 0.717) is 17.8 Å². The summed E-state index contributed by atoms with van der Waals surface area (Å²) in [6.45, 7) is 2.67. The van der Waals surface area contributed by atoms with Crippen molar-refractivity contribution in [1.82, 2.24) is 4.90 Å². The van der Waals surface area contributed by atoms with Crippen LogP contribution in [-0.4, -0.2) is 33.9 Å². The summed E-state index contributed by atoms with van der Waals surface area (Å²) in [7, 11) is 0. The first-order valence-electron chi connectivity index (χ1n) is 8.63. The number of nitrogens with one attached hydrogen (secondary N) is 1. The van der Waals surface area contributed by atoms with E-state index < -0.39 is 4.92 Å². The standard InChI is InChI=1S/C19H21N3O4/c23-18-9-6-16(12-15(18)13-21-10-2-1-3-11-21)20-19(24)14-4-7-17(8-5-14)22(25)26/h4-9,12,23H,1-3,10-11,13H2,(H,20,24). The van der Waals surface area contributed by atoms with Crippen LogP contribution in [-0.2, 0) is 6.54 Å². The van der Waals surface area contributed by atoms with Crippen molar-refractivity contribution in [3.8, 4) is 5.75 Å². The Morgan fingerprint density at radius 2 is 1.81 bits per heavy atom. The van der Waals surface area contributed by atoms with Gasteiger partial charge in [-0.2, -0.15) is 0 Å². The molecule has 26 heavy (non-hydrogen) atoms. The number of carbonyl (C=O) groups excluding carboxylic acids is 1. The monoisotopic (exact) mass is 355 g/mol. The number of nitrogens with zero attached hydrogens (tertiary/aromatic N) is 2. The molecular weight excluding hydrogens is 334 g/mol. The van der Waals surface area contributed by atoms with Crippen molar-refractivity contribution in [2.24, 2.45) is 0 Å². The lowest BCUT2D eigenvalue weighted by atomic mass is 10.1. The molecule has 7 heteroatoms. The first-order valence-corrected chi connectivity index (χ1v) is 8.63. The number of piperidine rings is 1. The van der Waals surface area contributed by atoms with Gasteiger partial charge in [0.2, 0.25) is 0 Å². The number of amides is 1. The van der Waals surface area contributed by atoms with Gasteiger partial charge in [-0.05, 0) is 56.3 Å². The maximum Gasteiger partial charge on any atom is 0.269 e. The largest absolute Gasteiger partial charge is 0.508 e. The Hall–Kier alpha value is -2.93. The molecule has 7 nitrogen and oxygen atoms in total. The molecule has 2 N–H and O–H groups in total. The predicted molar refractivity (Wildman–Crippen MR) is 98.3 cm³/mol. The van der Waals surface area contributed by atoms with Crippen molar-refractivity contribution >= 4 is 17.3 Å². The van der Waals surface area contributed by atoms with E-state index in [0.717, 1.165) is 31.5 Å². The van der Waals surface area contributed by atoms with Gasteiger partial charge in [0.05, 0.1) is 4.92 Å². The van der Waals surface area contributed by atoms with Crippen molar-refractivity contribution in [3.63, 3.8) is 0 Å². The number of phenolic OH excluding ortho intramolecular Hbond substituents is 1. The smallest absolute Gasteiger partial charge is 0.269 e. The number of hydrogen-bond acceptors (Lipinski definition) is 5. The minimum Gasteiger partial charge on any atom is -0.508 e. The van der Waals surface area contributed by atoms with E-state index in [-0.39, 0.29) is 17.3 Å². The number of carbonyl (C=O) groups is 1. The summed E-state index contributed by atoms with van der Waals surface area (Å²) in [5, 5.41) is 23.6. The summed E-state index contributed by atoms with van der Waals surface area (Å²) in [5.41, 5.74) is 1.63. The second-order valence-corrected chi connectivity index (χ2v) is 6.44. The maximum atomic E-state index is 12.3. The molecule has 0 aliphatic carbocycles. The van der Waals surface area contributed by atoms with Gasteiger partial charge in [0.15, 0.2) is 0 Å². The highest BCUT2D eigenvalue weighted by Crippen LogP contribution is 2.25. The fraction of sp³-hybridized carbons (Fsp3) is 0.316. The summed E-state index contributed by atoms with van der Waals surface area (Å²) in [4.78, 5) is 24.8. The van der Waals surface area contributed by atoms with Crippen LogP contribution in [0.25, 0.3) is 0 Å². The molecule has 1 saturated heterocycles. The van der Waals surface area contributed by atoms with Gasteiger partial charge in [0, 0.05) is 35.5 Å². The second-order valence-electron chi connectivity index (χ2n) is 6.44. The van der Waals surface area contributed by atoms with E-state index >= 15 is 0 Å². The molecule has 0 spiro atoms. The number of anilines is 1. The molecule has 0 atom stereocenters. The molecule has 0 aromatic heterocycles. The molecule has 0 bridgehead atoms. The summed E-state index contributed by atoms with van der Waals surface area (Å²) in [6.07, 6.45) is 3.57. The number of likely N-dealkylation sites (tertiary alicyclic amines) is 1. The molecule has 0 saturated carbocycles. The van der Waals surface area contributed by atoms with E-state index in [4.69, 9.17) is 0 Å². The lowest BCUT2D eigenvalue weighted by molar-refractivity contribution is -0.384. The zero-order valence-corrected chi connectivity index (χ0v) is 14.4. The molecule has 136 valence electrons. The van der Waals surface area contributed by atoms with Gasteiger partial charge >= 0.3 is 0 Å². The first-order chi connectivity index (χ1) is 12.5. The molecule has 0 radical (unpaired) electrons. The maximum absolute atomic E-state index is 12.3. The van der Waals surface area contributed by atoms with Crippen molar-refractivity contribution in [2.45, 2.75) is 25.8 Å². The van der Waals surface area contributed by atoms with Crippen LogP contribution in [0.5, 0.6) is 5.75 Å². The third-order valence-corrected chi connectivity index (χ3v) is 4.52. The molecule has 3 rings (SSSR count). The summed E-state index contributed by atoms with van der Waals surface area (Å²) in [6, 6.07) is 10.4. The molecule has 1 aliphatic heterocycles. The zero-order chi connectivity index (χ0) is 18.5. The van der Waals surface area contributed by atoms with Gasteiger partial charge in [-0.1, -0.05) is 6.42 Å². The molecule has 1 aliphatic rings. The van der Waals surface area contributed by atoms with Gasteiger partial charge in [0.25, 0.3) is 11.6 Å². The highest BCUT2D eigenvalue weighted by atomic mass is 16.6. The Labute approximate surface area is 151 Å². The van der Waals surface area contributed by atoms with Crippen LogP contribution in [0, 0.1) is 10.1 Å². The van der Waals surface area contributed by atoms with E-state index in [1.807, 2.05) is 0 Å². The van der Waals surface area contributed by atoms with Crippen molar-refractivity contribution < 1.29 is 14.8 Å². The topological polar surface area (TPSA) is 95.7 Å². The lowest BCUT2D eigenvalue weighted by Crippen LogP contribution is -2.29. The fourth-order valence-corrected chi connectivity index (χ4v) is 3.09. The summed E-state index contributed by atoms with van der Waals surface area (Å²) in [5.74, 6) is -0.140. The number of benzene rings is 2. The lowest BCUT2D eigenvalue weighted by Gasteiger charge is -2.26. The average Bonchev–Trinajstić information content (AvgIpc) is 2.65. The molecule has 0 unspecified atom stereocenters. The number of nitro benzene ring substituents is 1. The molecule has 1 heterocycles. The molecule has 2 aromatic rings. The third kappa shape index (κ3) is 4.37. The molecular formula is C19H21N3O4. The predicted octanol–water partition coefficient (Wildman–Crippen LogP) is 3.54. The summed E-state index contributed by atoms with van der Waals surface area (Å²) < 4.78 is 0. The van der Waals surface area contributed by atoms with Gasteiger partial charge in [0.1, 0.15) is 5.75 Å². The average molecular weight is 355 g/mol. The van der Waals surface area contributed by atoms with E-state index in [1.54, 1.807) is 18.2 Å². The third-order valence-electron chi connectivity index (χ3n) is 4.52. The Kier molecular flexibility index (Phi) is 5.48. The van der Waals surface area contributed by atoms with E-state index in [2.05, 4.69) is 10.2 Å². The number of phenols is 1. The van der Waals surface area contributed by atoms with Crippen LogP contribution >= 0.6 is 0 Å². The number of non-ortho nitro benzene ring substituents is 1. The van der Waals surface area contributed by atoms with Crippen LogP contribution in [0.3, 0.4) is 0 Å². The number of aromatic hydroxyl groups is 1. The molecule has 1 amide bonds. The minimum atomic E-state index is -0.505. The van der Waals surface area contributed by atoms with Crippen LogP contribution < -0.4 is 5.32 Å². The SMILES string of the molecule is O=C(Nc1ccc(O)c(CN2CCCCC2)c1)c1ccc([N+](=O)[O-])cc1.